The lowest BCUT2D eigenvalue weighted by Gasteiger charge is -2.16. The zero-order chi connectivity index (χ0) is 8.70. The fourth-order valence-corrected chi connectivity index (χ4v) is 4.79. The molecule has 1 fully saturated rings. The summed E-state index contributed by atoms with van der Waals surface area (Å²) in [6.45, 7) is 8.27. The van der Waals surface area contributed by atoms with E-state index in [0.29, 0.717) is 0 Å². The number of hydrogen-bond donors (Lipinski definition) is 0. The summed E-state index contributed by atoms with van der Waals surface area (Å²) in [6.07, 6.45) is 0.905. The van der Waals surface area contributed by atoms with Crippen molar-refractivity contribution in [3.8, 4) is 0 Å². The van der Waals surface area contributed by atoms with E-state index in [-0.39, 0.29) is 11.4 Å². The Morgan fingerprint density at radius 3 is 2.36 bits per heavy atom. The molecule has 2 nitrogen and oxygen atoms in total. The van der Waals surface area contributed by atoms with Crippen molar-refractivity contribution in [2.24, 2.45) is 5.41 Å². The van der Waals surface area contributed by atoms with Crippen molar-refractivity contribution in [1.29, 1.82) is 0 Å². The molecule has 1 aliphatic heterocycles. The van der Waals surface area contributed by atoms with E-state index in [1.54, 1.807) is 0 Å². The zero-order valence-electron chi connectivity index (χ0n) is 7.73. The number of carbonyl (C=O) groups excluding carboxylic acids is 1. The van der Waals surface area contributed by atoms with Gasteiger partial charge in [0.2, 0.25) is 8.32 Å². The molecule has 64 valence electrons. The topological polar surface area (TPSA) is 26.3 Å². The third-order valence-corrected chi connectivity index (χ3v) is 4.83. The van der Waals surface area contributed by atoms with Crippen LogP contribution in [0.3, 0.4) is 0 Å². The molecule has 1 saturated heterocycles. The predicted molar refractivity (Wildman–Crippen MR) is 46.8 cm³/mol. The molecule has 0 spiro atoms. The highest BCUT2D eigenvalue weighted by Crippen LogP contribution is 2.40. The molecule has 0 aliphatic carbocycles. The van der Waals surface area contributed by atoms with Crippen LogP contribution in [-0.4, -0.2) is 14.3 Å². The normalized spacial score (nSPS) is 35.5. The summed E-state index contributed by atoms with van der Waals surface area (Å²) in [5.74, 6) is 0.0247. The van der Waals surface area contributed by atoms with Gasteiger partial charge in [0.05, 0.1) is 5.41 Å². The molecular weight excluding hydrogens is 156 g/mol. The molecule has 0 N–H and O–H groups in total. The molecule has 1 atom stereocenters. The fraction of sp³-hybridized carbons (Fsp3) is 0.875. The summed E-state index contributed by atoms with van der Waals surface area (Å²) in [4.78, 5) is 11.4. The highest BCUT2D eigenvalue weighted by molar-refractivity contribution is 6.74. The van der Waals surface area contributed by atoms with Crippen LogP contribution in [0, 0.1) is 5.41 Å². The highest BCUT2D eigenvalue weighted by Gasteiger charge is 2.49. The van der Waals surface area contributed by atoms with Crippen LogP contribution in [0.25, 0.3) is 0 Å². The van der Waals surface area contributed by atoms with Crippen LogP contribution in [0.5, 0.6) is 0 Å². The molecule has 3 heteroatoms. The Kier molecular flexibility index (Phi) is 1.87. The summed E-state index contributed by atoms with van der Waals surface area (Å²) in [6, 6.07) is 0.981. The molecule has 0 radical (unpaired) electrons. The third-order valence-electron chi connectivity index (χ3n) is 2.46. The smallest absolute Gasteiger partial charge is 0.298 e. The van der Waals surface area contributed by atoms with Crippen molar-refractivity contribution in [2.75, 3.05) is 0 Å². The second-order valence-corrected chi connectivity index (χ2v) is 8.32. The van der Waals surface area contributed by atoms with Gasteiger partial charge in [-0.15, -0.1) is 0 Å². The van der Waals surface area contributed by atoms with Gasteiger partial charge in [0.25, 0.3) is 5.97 Å². The Morgan fingerprint density at radius 2 is 2.18 bits per heavy atom. The molecule has 1 rings (SSSR count). The van der Waals surface area contributed by atoms with Gasteiger partial charge >= 0.3 is 0 Å². The van der Waals surface area contributed by atoms with E-state index in [1.807, 2.05) is 6.92 Å². The summed E-state index contributed by atoms with van der Waals surface area (Å²) in [5.41, 5.74) is -0.171. The highest BCUT2D eigenvalue weighted by atomic mass is 28.4. The van der Waals surface area contributed by atoms with Gasteiger partial charge in [-0.3, -0.25) is 4.79 Å². The maximum Gasteiger partial charge on any atom is 0.298 e. The molecule has 0 aromatic rings. The quantitative estimate of drug-likeness (QED) is 0.567. The van der Waals surface area contributed by atoms with Crippen molar-refractivity contribution in [1.82, 2.24) is 0 Å². The van der Waals surface area contributed by atoms with Gasteiger partial charge in [0.1, 0.15) is 0 Å². The minimum atomic E-state index is -1.61. The minimum Gasteiger partial charge on any atom is -0.519 e. The predicted octanol–water partition coefficient (Wildman–Crippen LogP) is 2.16. The third kappa shape index (κ3) is 1.48. The Morgan fingerprint density at radius 1 is 1.64 bits per heavy atom. The first-order valence-electron chi connectivity index (χ1n) is 4.13. The molecule has 11 heavy (non-hydrogen) atoms. The van der Waals surface area contributed by atoms with Crippen molar-refractivity contribution < 1.29 is 9.22 Å². The standard InChI is InChI=1S/C8H16O2Si/c1-5-8(2)6-11(3,4)10-7(8)9/h5-6H2,1-4H3. The molecular formula is C8H16O2Si. The molecule has 0 aromatic heterocycles. The van der Waals surface area contributed by atoms with Crippen LogP contribution in [-0.2, 0) is 9.22 Å². The average molecular weight is 172 g/mol. The first-order valence-corrected chi connectivity index (χ1v) is 7.25. The summed E-state index contributed by atoms with van der Waals surface area (Å²) in [7, 11) is -1.61. The Hall–Kier alpha value is -0.313. The van der Waals surface area contributed by atoms with Gasteiger partial charge in [0.15, 0.2) is 0 Å². The van der Waals surface area contributed by atoms with E-state index < -0.39 is 8.32 Å². The molecule has 0 aromatic carbocycles. The Bertz CT molecular complexity index is 189. The van der Waals surface area contributed by atoms with Crippen LogP contribution in [0.4, 0.5) is 0 Å². The summed E-state index contributed by atoms with van der Waals surface area (Å²) in [5, 5.41) is 0. The number of rotatable bonds is 1. The van der Waals surface area contributed by atoms with E-state index in [9.17, 15) is 4.79 Å². The maximum absolute atomic E-state index is 11.4. The van der Waals surface area contributed by atoms with Gasteiger partial charge in [0, 0.05) is 0 Å². The van der Waals surface area contributed by atoms with E-state index in [4.69, 9.17) is 4.43 Å². The molecule has 1 heterocycles. The van der Waals surface area contributed by atoms with Gasteiger partial charge in [-0.2, -0.15) is 0 Å². The van der Waals surface area contributed by atoms with Gasteiger partial charge in [-0.25, -0.2) is 0 Å². The molecule has 1 unspecified atom stereocenters. The fourth-order valence-electron chi connectivity index (χ4n) is 1.69. The second-order valence-electron chi connectivity index (χ2n) is 4.24. The van der Waals surface area contributed by atoms with Gasteiger partial charge in [-0.1, -0.05) is 6.92 Å². The minimum absolute atomic E-state index is 0.0247. The molecule has 0 saturated carbocycles. The average Bonchev–Trinajstić information content (AvgIpc) is 2.03. The van der Waals surface area contributed by atoms with E-state index in [1.165, 1.54) is 0 Å². The lowest BCUT2D eigenvalue weighted by atomic mass is 9.90. The molecule has 0 amide bonds. The van der Waals surface area contributed by atoms with E-state index >= 15 is 0 Å². The first kappa shape index (κ1) is 8.78. The molecule has 1 aliphatic rings. The lowest BCUT2D eigenvalue weighted by molar-refractivity contribution is -0.141. The van der Waals surface area contributed by atoms with E-state index in [2.05, 4.69) is 20.0 Å². The first-order chi connectivity index (χ1) is 4.90. The maximum atomic E-state index is 11.4. The van der Waals surface area contributed by atoms with E-state index in [0.717, 1.165) is 12.5 Å². The van der Waals surface area contributed by atoms with Crippen LogP contribution >= 0.6 is 0 Å². The Labute approximate surface area is 69.1 Å². The largest absolute Gasteiger partial charge is 0.519 e. The monoisotopic (exact) mass is 172 g/mol. The lowest BCUT2D eigenvalue weighted by Crippen LogP contribution is -2.24. The second kappa shape index (κ2) is 2.34. The number of hydrogen-bond acceptors (Lipinski definition) is 2. The van der Waals surface area contributed by atoms with Crippen molar-refractivity contribution in [3.63, 3.8) is 0 Å². The van der Waals surface area contributed by atoms with Gasteiger partial charge < -0.3 is 4.43 Å². The van der Waals surface area contributed by atoms with Crippen LogP contribution in [0.1, 0.15) is 20.3 Å². The van der Waals surface area contributed by atoms with Crippen LogP contribution in [0.2, 0.25) is 19.1 Å². The van der Waals surface area contributed by atoms with Crippen molar-refractivity contribution in [2.45, 2.75) is 39.4 Å². The van der Waals surface area contributed by atoms with Crippen molar-refractivity contribution in [3.05, 3.63) is 0 Å². The Balaban J connectivity index is 2.82. The zero-order valence-corrected chi connectivity index (χ0v) is 8.73. The van der Waals surface area contributed by atoms with Crippen LogP contribution in [0.15, 0.2) is 0 Å². The van der Waals surface area contributed by atoms with Gasteiger partial charge in [-0.05, 0) is 32.5 Å². The SMILES string of the molecule is CCC1(C)C[Si](C)(C)OC1=O. The summed E-state index contributed by atoms with van der Waals surface area (Å²) < 4.78 is 5.36. The number of carbonyl (C=O) groups is 1. The molecule has 0 bridgehead atoms. The van der Waals surface area contributed by atoms with Crippen LogP contribution < -0.4 is 0 Å². The van der Waals surface area contributed by atoms with Crippen molar-refractivity contribution >= 4 is 14.3 Å². The summed E-state index contributed by atoms with van der Waals surface area (Å²) >= 11 is 0.